The van der Waals surface area contributed by atoms with Crippen LogP contribution < -0.4 is 5.32 Å². The van der Waals surface area contributed by atoms with E-state index in [4.69, 9.17) is 4.42 Å². The highest BCUT2D eigenvalue weighted by molar-refractivity contribution is 5.04. The Labute approximate surface area is 111 Å². The van der Waals surface area contributed by atoms with Gasteiger partial charge in [-0.15, -0.1) is 0 Å². The van der Waals surface area contributed by atoms with E-state index < -0.39 is 0 Å². The number of likely N-dealkylation sites (N-methyl/N-ethyl adjacent to an activating group) is 1. The second kappa shape index (κ2) is 5.89. The fourth-order valence-electron chi connectivity index (χ4n) is 2.97. The van der Waals surface area contributed by atoms with Crippen LogP contribution in [0.2, 0.25) is 0 Å². The van der Waals surface area contributed by atoms with Crippen LogP contribution in [0.3, 0.4) is 0 Å². The lowest BCUT2D eigenvalue weighted by Crippen LogP contribution is -2.53. The molecule has 2 rings (SSSR count). The Morgan fingerprint density at radius 2 is 2.06 bits per heavy atom. The van der Waals surface area contributed by atoms with Crippen molar-refractivity contribution in [1.82, 2.24) is 10.2 Å². The van der Waals surface area contributed by atoms with Crippen molar-refractivity contribution < 1.29 is 4.42 Å². The van der Waals surface area contributed by atoms with Crippen molar-refractivity contribution in [3.8, 4) is 0 Å². The summed E-state index contributed by atoms with van der Waals surface area (Å²) in [6.45, 7) is 3.22. The zero-order chi connectivity index (χ0) is 13.0. The predicted molar refractivity (Wildman–Crippen MR) is 74.6 cm³/mol. The Balaban J connectivity index is 1.93. The summed E-state index contributed by atoms with van der Waals surface area (Å²) >= 11 is 0. The van der Waals surface area contributed by atoms with Gasteiger partial charge in [-0.05, 0) is 46.0 Å². The van der Waals surface area contributed by atoms with E-state index in [1.54, 1.807) is 6.26 Å². The minimum absolute atomic E-state index is 0.291. The van der Waals surface area contributed by atoms with Crippen LogP contribution in [0, 0.1) is 0 Å². The number of nitrogens with one attached hydrogen (secondary N) is 1. The van der Waals surface area contributed by atoms with Crippen molar-refractivity contribution in [2.24, 2.45) is 0 Å². The molecule has 1 fully saturated rings. The molecule has 0 bridgehead atoms. The van der Waals surface area contributed by atoms with E-state index in [1.165, 1.54) is 32.1 Å². The van der Waals surface area contributed by atoms with Gasteiger partial charge in [-0.1, -0.05) is 19.3 Å². The molecule has 0 saturated heterocycles. The van der Waals surface area contributed by atoms with Crippen LogP contribution >= 0.6 is 0 Å². The van der Waals surface area contributed by atoms with Gasteiger partial charge in [0.2, 0.25) is 0 Å². The van der Waals surface area contributed by atoms with Crippen molar-refractivity contribution in [3.05, 3.63) is 24.2 Å². The third-order valence-corrected chi connectivity index (χ3v) is 4.44. The van der Waals surface area contributed by atoms with Gasteiger partial charge in [-0.25, -0.2) is 0 Å². The first-order valence-electron chi connectivity index (χ1n) is 7.08. The molecule has 1 unspecified atom stereocenters. The largest absolute Gasteiger partial charge is 0.468 e. The lowest BCUT2D eigenvalue weighted by Gasteiger charge is -2.43. The summed E-state index contributed by atoms with van der Waals surface area (Å²) in [7, 11) is 4.43. The molecule has 0 spiro atoms. The summed E-state index contributed by atoms with van der Waals surface area (Å²) in [5, 5.41) is 3.64. The van der Waals surface area contributed by atoms with Crippen molar-refractivity contribution in [2.45, 2.75) is 50.6 Å². The average Bonchev–Trinajstić information content (AvgIpc) is 2.91. The lowest BCUT2D eigenvalue weighted by molar-refractivity contribution is 0.0949. The van der Waals surface area contributed by atoms with Gasteiger partial charge in [0.05, 0.1) is 12.3 Å². The van der Waals surface area contributed by atoms with E-state index in [0.717, 1.165) is 12.3 Å². The van der Waals surface area contributed by atoms with Gasteiger partial charge in [-0.2, -0.15) is 0 Å². The smallest absolute Gasteiger partial charge is 0.120 e. The van der Waals surface area contributed by atoms with E-state index >= 15 is 0 Å². The lowest BCUT2D eigenvalue weighted by atomic mass is 9.80. The van der Waals surface area contributed by atoms with Gasteiger partial charge >= 0.3 is 0 Å². The van der Waals surface area contributed by atoms with Gasteiger partial charge in [-0.3, -0.25) is 0 Å². The molecule has 1 heterocycles. The molecular weight excluding hydrogens is 224 g/mol. The van der Waals surface area contributed by atoms with Crippen LogP contribution in [0.1, 0.15) is 50.8 Å². The molecule has 1 aliphatic carbocycles. The summed E-state index contributed by atoms with van der Waals surface area (Å²) in [6.07, 6.45) is 8.46. The molecule has 0 aliphatic heterocycles. The maximum Gasteiger partial charge on any atom is 0.120 e. The van der Waals surface area contributed by atoms with Crippen molar-refractivity contribution >= 4 is 0 Å². The van der Waals surface area contributed by atoms with Crippen LogP contribution in [0.25, 0.3) is 0 Å². The van der Waals surface area contributed by atoms with Crippen LogP contribution in [0.4, 0.5) is 0 Å². The minimum Gasteiger partial charge on any atom is -0.468 e. The molecule has 0 aromatic carbocycles. The summed E-state index contributed by atoms with van der Waals surface area (Å²) in [5.74, 6) is 1.03. The van der Waals surface area contributed by atoms with Gasteiger partial charge in [0.15, 0.2) is 0 Å². The molecule has 3 heteroatoms. The highest BCUT2D eigenvalue weighted by Gasteiger charge is 2.34. The van der Waals surface area contributed by atoms with Crippen LogP contribution in [0.5, 0.6) is 0 Å². The highest BCUT2D eigenvalue weighted by Crippen LogP contribution is 2.32. The van der Waals surface area contributed by atoms with E-state index in [2.05, 4.69) is 31.2 Å². The maximum atomic E-state index is 5.45. The summed E-state index contributed by atoms with van der Waals surface area (Å²) in [4.78, 5) is 2.41. The van der Waals surface area contributed by atoms with E-state index in [0.29, 0.717) is 11.6 Å². The first-order chi connectivity index (χ1) is 8.64. The standard InChI is InChI=1S/C15H26N2O/c1-13(14-8-7-11-18-14)16-12-15(17(2)3)9-5-4-6-10-15/h7-8,11,13,16H,4-6,9-10,12H2,1-3H3. The van der Waals surface area contributed by atoms with E-state index in [-0.39, 0.29) is 0 Å². The van der Waals surface area contributed by atoms with Crippen molar-refractivity contribution in [3.63, 3.8) is 0 Å². The molecule has 1 aliphatic rings. The normalized spacial score (nSPS) is 21.1. The zero-order valence-electron chi connectivity index (χ0n) is 11.9. The van der Waals surface area contributed by atoms with E-state index in [1.807, 2.05) is 12.1 Å². The fraction of sp³-hybridized carbons (Fsp3) is 0.733. The van der Waals surface area contributed by atoms with Crippen LogP contribution in [-0.4, -0.2) is 31.1 Å². The van der Waals surface area contributed by atoms with Gasteiger partial charge in [0.1, 0.15) is 5.76 Å². The number of furan rings is 1. The predicted octanol–water partition coefficient (Wildman–Crippen LogP) is 3.19. The highest BCUT2D eigenvalue weighted by atomic mass is 16.3. The molecule has 3 nitrogen and oxygen atoms in total. The van der Waals surface area contributed by atoms with Crippen LogP contribution in [0.15, 0.2) is 22.8 Å². The third-order valence-electron chi connectivity index (χ3n) is 4.44. The van der Waals surface area contributed by atoms with Crippen LogP contribution in [-0.2, 0) is 0 Å². The summed E-state index contributed by atoms with van der Waals surface area (Å²) < 4.78 is 5.45. The molecule has 1 saturated carbocycles. The molecule has 1 N–H and O–H groups in total. The van der Waals surface area contributed by atoms with Gasteiger partial charge in [0.25, 0.3) is 0 Å². The quantitative estimate of drug-likeness (QED) is 0.870. The Morgan fingerprint density at radius 3 is 2.61 bits per heavy atom. The van der Waals surface area contributed by atoms with Gasteiger partial charge < -0.3 is 14.6 Å². The molecular formula is C15H26N2O. The fourth-order valence-corrected chi connectivity index (χ4v) is 2.97. The van der Waals surface area contributed by atoms with Crippen molar-refractivity contribution in [1.29, 1.82) is 0 Å². The zero-order valence-corrected chi connectivity index (χ0v) is 11.9. The number of hydrogen-bond donors (Lipinski definition) is 1. The summed E-state index contributed by atoms with van der Waals surface area (Å²) in [5.41, 5.74) is 0.332. The second-order valence-electron chi connectivity index (χ2n) is 5.80. The number of hydrogen-bond acceptors (Lipinski definition) is 3. The number of nitrogens with zero attached hydrogens (tertiary/aromatic N) is 1. The minimum atomic E-state index is 0.291. The van der Waals surface area contributed by atoms with E-state index in [9.17, 15) is 0 Å². The topological polar surface area (TPSA) is 28.4 Å². The SMILES string of the molecule is CC(NCC1(N(C)C)CCCCC1)c1ccco1. The first-order valence-corrected chi connectivity index (χ1v) is 7.08. The first kappa shape index (κ1) is 13.6. The molecule has 0 radical (unpaired) electrons. The molecule has 1 aromatic heterocycles. The number of rotatable bonds is 5. The van der Waals surface area contributed by atoms with Gasteiger partial charge in [0, 0.05) is 12.1 Å². The Hall–Kier alpha value is -0.800. The molecule has 1 atom stereocenters. The molecule has 18 heavy (non-hydrogen) atoms. The Bertz CT molecular complexity index is 339. The Kier molecular flexibility index (Phi) is 4.46. The molecule has 102 valence electrons. The maximum absolute atomic E-state index is 5.45. The Morgan fingerprint density at radius 1 is 1.33 bits per heavy atom. The average molecular weight is 250 g/mol. The molecule has 1 aromatic rings. The summed E-state index contributed by atoms with van der Waals surface area (Å²) in [6, 6.07) is 4.29. The second-order valence-corrected chi connectivity index (χ2v) is 5.80. The van der Waals surface area contributed by atoms with Crippen molar-refractivity contribution in [2.75, 3.05) is 20.6 Å². The monoisotopic (exact) mass is 250 g/mol. The molecule has 0 amide bonds. The third kappa shape index (κ3) is 2.96.